The smallest absolute Gasteiger partial charge is 0.264 e. The summed E-state index contributed by atoms with van der Waals surface area (Å²) in [6, 6.07) is 19.2. The van der Waals surface area contributed by atoms with Crippen LogP contribution in [-0.4, -0.2) is 50.9 Å². The van der Waals surface area contributed by atoms with Crippen molar-refractivity contribution in [2.45, 2.75) is 58.0 Å². The topological polar surface area (TPSA) is 96.0 Å². The van der Waals surface area contributed by atoms with E-state index >= 15 is 0 Å². The number of sulfonamides is 1. The van der Waals surface area contributed by atoms with Crippen molar-refractivity contribution in [2.75, 3.05) is 24.0 Å². The lowest BCUT2D eigenvalue weighted by atomic mass is 10.1. The molecule has 1 atom stereocenters. The minimum absolute atomic E-state index is 0.0197. The Labute approximate surface area is 248 Å². The van der Waals surface area contributed by atoms with E-state index < -0.39 is 28.5 Å². The Balaban J connectivity index is 2.03. The molecule has 0 aromatic heterocycles. The standard InChI is InChI=1S/C31H38ClN3O5S/c1-5-20-33-31(37)29(6-2)34(21-24-10-12-25(32)13-11-24)30(36)22-35(26-14-8-23(4)9-15-26)41(38,39)28-18-16-27(17-19-28)40-7-3/h8-19,29H,5-7,20-22H2,1-4H3,(H,33,37). The second-order valence-corrected chi connectivity index (χ2v) is 11.9. The van der Waals surface area contributed by atoms with Gasteiger partial charge in [0.2, 0.25) is 11.8 Å². The van der Waals surface area contributed by atoms with E-state index in [1.165, 1.54) is 17.0 Å². The molecule has 8 nitrogen and oxygen atoms in total. The summed E-state index contributed by atoms with van der Waals surface area (Å²) in [4.78, 5) is 28.7. The van der Waals surface area contributed by atoms with E-state index in [-0.39, 0.29) is 17.3 Å². The number of carbonyl (C=O) groups excluding carboxylic acids is 2. The third kappa shape index (κ3) is 8.47. The molecular formula is C31H38ClN3O5S. The van der Waals surface area contributed by atoms with Crippen LogP contribution in [0.2, 0.25) is 5.02 Å². The first-order valence-electron chi connectivity index (χ1n) is 13.7. The van der Waals surface area contributed by atoms with Crippen molar-refractivity contribution in [1.82, 2.24) is 10.2 Å². The molecule has 220 valence electrons. The Hall–Kier alpha value is -3.56. The molecule has 0 saturated heterocycles. The highest BCUT2D eigenvalue weighted by atomic mass is 35.5. The molecule has 0 bridgehead atoms. The summed E-state index contributed by atoms with van der Waals surface area (Å²) in [6.45, 7) is 8.05. The molecule has 0 fully saturated rings. The van der Waals surface area contributed by atoms with Gasteiger partial charge in [0.15, 0.2) is 0 Å². The van der Waals surface area contributed by atoms with Crippen LogP contribution in [0.25, 0.3) is 0 Å². The van der Waals surface area contributed by atoms with Crippen molar-refractivity contribution >= 4 is 39.1 Å². The number of anilines is 1. The van der Waals surface area contributed by atoms with Gasteiger partial charge in [0.05, 0.1) is 17.2 Å². The van der Waals surface area contributed by atoms with Gasteiger partial charge < -0.3 is 15.0 Å². The molecule has 0 radical (unpaired) electrons. The van der Waals surface area contributed by atoms with Crippen LogP contribution >= 0.6 is 11.6 Å². The number of halogens is 1. The first kappa shape index (κ1) is 32.0. The summed E-state index contributed by atoms with van der Waals surface area (Å²) in [6.07, 6.45) is 1.10. The molecule has 0 aliphatic heterocycles. The summed E-state index contributed by atoms with van der Waals surface area (Å²) >= 11 is 6.07. The Morgan fingerprint density at radius 1 is 0.927 bits per heavy atom. The Bertz CT molecular complexity index is 1400. The largest absolute Gasteiger partial charge is 0.494 e. The Morgan fingerprint density at radius 3 is 2.12 bits per heavy atom. The molecule has 3 rings (SSSR count). The van der Waals surface area contributed by atoms with Crippen molar-refractivity contribution in [3.05, 3.63) is 88.9 Å². The predicted octanol–water partition coefficient (Wildman–Crippen LogP) is 5.58. The van der Waals surface area contributed by atoms with Crippen LogP contribution < -0.4 is 14.4 Å². The minimum Gasteiger partial charge on any atom is -0.494 e. The number of nitrogens with one attached hydrogen (secondary N) is 1. The quantitative estimate of drug-likeness (QED) is 0.261. The molecule has 2 amide bonds. The normalized spacial score (nSPS) is 11.9. The van der Waals surface area contributed by atoms with E-state index in [0.29, 0.717) is 36.0 Å². The van der Waals surface area contributed by atoms with E-state index in [4.69, 9.17) is 16.3 Å². The van der Waals surface area contributed by atoms with Gasteiger partial charge in [-0.1, -0.05) is 55.3 Å². The van der Waals surface area contributed by atoms with E-state index in [2.05, 4.69) is 5.32 Å². The van der Waals surface area contributed by atoms with Crippen LogP contribution in [-0.2, 0) is 26.2 Å². The van der Waals surface area contributed by atoms with Crippen LogP contribution in [0.5, 0.6) is 5.75 Å². The minimum atomic E-state index is -4.16. The van der Waals surface area contributed by atoms with E-state index in [0.717, 1.165) is 21.9 Å². The van der Waals surface area contributed by atoms with Gasteiger partial charge in [-0.15, -0.1) is 0 Å². The first-order chi connectivity index (χ1) is 19.6. The number of carbonyl (C=O) groups is 2. The lowest BCUT2D eigenvalue weighted by molar-refractivity contribution is -0.140. The molecular weight excluding hydrogens is 562 g/mol. The van der Waals surface area contributed by atoms with Crippen molar-refractivity contribution in [2.24, 2.45) is 0 Å². The molecule has 1 unspecified atom stereocenters. The zero-order chi connectivity index (χ0) is 30.0. The number of amides is 2. The fourth-order valence-corrected chi connectivity index (χ4v) is 5.85. The second-order valence-electron chi connectivity index (χ2n) is 9.61. The van der Waals surface area contributed by atoms with Crippen molar-refractivity contribution in [1.29, 1.82) is 0 Å². The number of nitrogens with zero attached hydrogens (tertiary/aromatic N) is 2. The molecule has 0 aliphatic rings. The number of aryl methyl sites for hydroxylation is 1. The molecule has 41 heavy (non-hydrogen) atoms. The highest BCUT2D eigenvalue weighted by molar-refractivity contribution is 7.92. The van der Waals surface area contributed by atoms with E-state index in [1.807, 2.05) is 27.7 Å². The maximum absolute atomic E-state index is 14.1. The first-order valence-corrected chi connectivity index (χ1v) is 15.6. The zero-order valence-corrected chi connectivity index (χ0v) is 25.5. The number of rotatable bonds is 14. The van der Waals surface area contributed by atoms with Gasteiger partial charge in [0.25, 0.3) is 10.0 Å². The summed E-state index contributed by atoms with van der Waals surface area (Å²) in [5.41, 5.74) is 2.05. The monoisotopic (exact) mass is 599 g/mol. The van der Waals surface area contributed by atoms with Gasteiger partial charge in [-0.25, -0.2) is 8.42 Å². The Morgan fingerprint density at radius 2 is 1.56 bits per heavy atom. The van der Waals surface area contributed by atoms with E-state index in [1.54, 1.807) is 60.7 Å². The summed E-state index contributed by atoms with van der Waals surface area (Å²) in [5, 5.41) is 3.43. The maximum Gasteiger partial charge on any atom is 0.264 e. The van der Waals surface area contributed by atoms with Crippen molar-refractivity contribution in [3.8, 4) is 5.75 Å². The molecule has 0 heterocycles. The van der Waals surface area contributed by atoms with Gasteiger partial charge in [-0.3, -0.25) is 13.9 Å². The van der Waals surface area contributed by atoms with Crippen LogP contribution in [0.3, 0.4) is 0 Å². The third-order valence-corrected chi connectivity index (χ3v) is 8.56. The summed E-state index contributed by atoms with van der Waals surface area (Å²) in [5.74, 6) is -0.246. The number of ether oxygens (including phenoxy) is 1. The fraction of sp³-hybridized carbons (Fsp3) is 0.355. The molecule has 0 saturated carbocycles. The number of hydrogen-bond acceptors (Lipinski definition) is 5. The van der Waals surface area contributed by atoms with Crippen LogP contribution in [0.15, 0.2) is 77.7 Å². The van der Waals surface area contributed by atoms with Gasteiger partial charge >= 0.3 is 0 Å². The fourth-order valence-electron chi connectivity index (χ4n) is 4.31. The summed E-state index contributed by atoms with van der Waals surface area (Å²) in [7, 11) is -4.16. The van der Waals surface area contributed by atoms with Crippen LogP contribution in [0, 0.1) is 6.92 Å². The molecule has 3 aromatic carbocycles. The maximum atomic E-state index is 14.1. The zero-order valence-electron chi connectivity index (χ0n) is 24.0. The highest BCUT2D eigenvalue weighted by Crippen LogP contribution is 2.26. The van der Waals surface area contributed by atoms with Gasteiger partial charge in [-0.05, 0) is 80.8 Å². The van der Waals surface area contributed by atoms with Crippen LogP contribution in [0.4, 0.5) is 5.69 Å². The average Bonchev–Trinajstić information content (AvgIpc) is 2.96. The van der Waals surface area contributed by atoms with Gasteiger partial charge in [0.1, 0.15) is 18.3 Å². The molecule has 3 aromatic rings. The lowest BCUT2D eigenvalue weighted by Gasteiger charge is -2.33. The number of benzene rings is 3. The number of hydrogen-bond donors (Lipinski definition) is 1. The highest BCUT2D eigenvalue weighted by Gasteiger charge is 2.33. The van der Waals surface area contributed by atoms with Crippen LogP contribution in [0.1, 0.15) is 44.7 Å². The summed E-state index contributed by atoms with van der Waals surface area (Å²) < 4.78 is 34.5. The lowest BCUT2D eigenvalue weighted by Crippen LogP contribution is -2.52. The van der Waals surface area contributed by atoms with Gasteiger partial charge in [0, 0.05) is 18.1 Å². The van der Waals surface area contributed by atoms with Crippen molar-refractivity contribution in [3.63, 3.8) is 0 Å². The van der Waals surface area contributed by atoms with Gasteiger partial charge in [-0.2, -0.15) is 0 Å². The SMILES string of the molecule is CCCNC(=O)C(CC)N(Cc1ccc(Cl)cc1)C(=O)CN(c1ccc(C)cc1)S(=O)(=O)c1ccc(OCC)cc1. The molecule has 0 aliphatic carbocycles. The average molecular weight is 600 g/mol. The second kappa shape index (κ2) is 14.9. The predicted molar refractivity (Wildman–Crippen MR) is 163 cm³/mol. The third-order valence-electron chi connectivity index (χ3n) is 6.52. The van der Waals surface area contributed by atoms with E-state index in [9.17, 15) is 18.0 Å². The Kier molecular flexibility index (Phi) is 11.6. The molecule has 1 N–H and O–H groups in total. The van der Waals surface area contributed by atoms with Crippen molar-refractivity contribution < 1.29 is 22.7 Å². The molecule has 10 heteroatoms. The molecule has 0 spiro atoms.